The molecule has 1 heterocycles. The summed E-state index contributed by atoms with van der Waals surface area (Å²) in [7, 11) is 1.69. The number of ether oxygens (including phenoxy) is 1. The van der Waals surface area contributed by atoms with Crippen LogP contribution in [0.15, 0.2) is 52.3 Å². The molecule has 88 valence electrons. The highest BCUT2D eigenvalue weighted by atomic mass is 16.5. The molecule has 0 saturated carbocycles. The molecule has 2 rings (SSSR count). The lowest BCUT2D eigenvalue weighted by molar-refractivity contribution is 0.410. The fraction of sp³-hybridized carbons (Fsp3) is 0.214. The summed E-state index contributed by atoms with van der Waals surface area (Å²) in [5, 5.41) is 0. The maximum Gasteiger partial charge on any atom is 0.122 e. The standard InChI is InChI=1S/C14H15NO2/c1-16-14-5-3-2-4-13(14)6-8-15-10-12-7-9-17-11-12/h2-5,7,9-11H,6,8H2,1H3. The summed E-state index contributed by atoms with van der Waals surface area (Å²) in [5.74, 6) is 0.922. The smallest absolute Gasteiger partial charge is 0.122 e. The number of rotatable bonds is 5. The van der Waals surface area contributed by atoms with Gasteiger partial charge < -0.3 is 9.15 Å². The van der Waals surface area contributed by atoms with E-state index in [9.17, 15) is 0 Å². The van der Waals surface area contributed by atoms with Crippen LogP contribution in [0, 0.1) is 0 Å². The molecule has 0 aliphatic rings. The lowest BCUT2D eigenvalue weighted by Crippen LogP contribution is -1.94. The van der Waals surface area contributed by atoms with Crippen molar-refractivity contribution in [2.24, 2.45) is 4.99 Å². The first kappa shape index (κ1) is 11.5. The van der Waals surface area contributed by atoms with Gasteiger partial charge in [0, 0.05) is 18.3 Å². The van der Waals surface area contributed by atoms with Crippen LogP contribution in [-0.2, 0) is 6.42 Å². The molecule has 0 spiro atoms. The Labute approximate surface area is 101 Å². The molecule has 1 aromatic heterocycles. The minimum absolute atomic E-state index is 0.742. The number of aliphatic imine (C=N–C) groups is 1. The van der Waals surface area contributed by atoms with Gasteiger partial charge in [-0.15, -0.1) is 0 Å². The maximum atomic E-state index is 5.28. The average molecular weight is 229 g/mol. The number of nitrogens with zero attached hydrogens (tertiary/aromatic N) is 1. The molecule has 3 nitrogen and oxygen atoms in total. The second kappa shape index (κ2) is 5.89. The maximum absolute atomic E-state index is 5.28. The second-order valence-electron chi connectivity index (χ2n) is 3.65. The summed E-state index contributed by atoms with van der Waals surface area (Å²) in [6.07, 6.45) is 6.01. The SMILES string of the molecule is COc1ccccc1CCN=Cc1ccoc1. The number of benzene rings is 1. The fourth-order valence-corrected chi connectivity index (χ4v) is 1.61. The summed E-state index contributed by atoms with van der Waals surface area (Å²) in [5.41, 5.74) is 2.17. The van der Waals surface area contributed by atoms with E-state index in [2.05, 4.69) is 11.1 Å². The molecule has 0 unspecified atom stereocenters. The topological polar surface area (TPSA) is 34.7 Å². The van der Waals surface area contributed by atoms with Crippen molar-refractivity contribution < 1.29 is 9.15 Å². The number of methoxy groups -OCH3 is 1. The van der Waals surface area contributed by atoms with Crippen LogP contribution in [0.2, 0.25) is 0 Å². The fourth-order valence-electron chi connectivity index (χ4n) is 1.61. The van der Waals surface area contributed by atoms with Crippen molar-refractivity contribution in [1.82, 2.24) is 0 Å². The van der Waals surface area contributed by atoms with Crippen LogP contribution < -0.4 is 4.74 Å². The van der Waals surface area contributed by atoms with E-state index in [4.69, 9.17) is 9.15 Å². The zero-order chi connectivity index (χ0) is 11.9. The first-order valence-electron chi connectivity index (χ1n) is 5.54. The molecule has 0 aliphatic carbocycles. The van der Waals surface area contributed by atoms with Gasteiger partial charge in [0.15, 0.2) is 0 Å². The molecule has 1 aromatic carbocycles. The third-order valence-electron chi connectivity index (χ3n) is 2.49. The van der Waals surface area contributed by atoms with E-state index in [1.54, 1.807) is 19.6 Å². The van der Waals surface area contributed by atoms with Crippen molar-refractivity contribution in [1.29, 1.82) is 0 Å². The number of para-hydroxylation sites is 1. The highest BCUT2D eigenvalue weighted by Gasteiger charge is 1.99. The highest BCUT2D eigenvalue weighted by Crippen LogP contribution is 2.17. The van der Waals surface area contributed by atoms with E-state index in [-0.39, 0.29) is 0 Å². The first-order chi connectivity index (χ1) is 8.40. The zero-order valence-electron chi connectivity index (χ0n) is 9.80. The first-order valence-corrected chi connectivity index (χ1v) is 5.54. The highest BCUT2D eigenvalue weighted by molar-refractivity contribution is 5.78. The molecule has 3 heteroatoms. The van der Waals surface area contributed by atoms with Gasteiger partial charge in [-0.1, -0.05) is 18.2 Å². The van der Waals surface area contributed by atoms with E-state index in [1.165, 1.54) is 5.56 Å². The lowest BCUT2D eigenvalue weighted by atomic mass is 10.1. The van der Waals surface area contributed by atoms with Crippen molar-refractivity contribution in [2.75, 3.05) is 13.7 Å². The third kappa shape index (κ3) is 3.21. The van der Waals surface area contributed by atoms with Gasteiger partial charge >= 0.3 is 0 Å². The summed E-state index contributed by atoms with van der Waals surface area (Å²) < 4.78 is 10.2. The van der Waals surface area contributed by atoms with Gasteiger partial charge in [0.2, 0.25) is 0 Å². The predicted octanol–water partition coefficient (Wildman–Crippen LogP) is 2.95. The lowest BCUT2D eigenvalue weighted by Gasteiger charge is -2.05. The van der Waals surface area contributed by atoms with Crippen LogP contribution in [0.4, 0.5) is 0 Å². The molecule has 0 atom stereocenters. The van der Waals surface area contributed by atoms with Gasteiger partial charge in [0.1, 0.15) is 5.75 Å². The quantitative estimate of drug-likeness (QED) is 0.739. The van der Waals surface area contributed by atoms with Crippen LogP contribution >= 0.6 is 0 Å². The zero-order valence-corrected chi connectivity index (χ0v) is 9.80. The normalized spacial score (nSPS) is 10.9. The third-order valence-corrected chi connectivity index (χ3v) is 2.49. The Bertz CT molecular complexity index is 475. The Morgan fingerprint density at radius 3 is 2.94 bits per heavy atom. The molecule has 0 amide bonds. The molecule has 0 bridgehead atoms. The van der Waals surface area contributed by atoms with Crippen molar-refractivity contribution in [3.63, 3.8) is 0 Å². The molecular formula is C14H15NO2. The molecule has 0 saturated heterocycles. The largest absolute Gasteiger partial charge is 0.496 e. The van der Waals surface area contributed by atoms with Gasteiger partial charge in [-0.05, 0) is 24.1 Å². The molecular weight excluding hydrogens is 214 g/mol. The molecule has 17 heavy (non-hydrogen) atoms. The predicted molar refractivity (Wildman–Crippen MR) is 67.9 cm³/mol. The molecule has 0 aliphatic heterocycles. The summed E-state index contributed by atoms with van der Waals surface area (Å²) in [4.78, 5) is 4.34. The van der Waals surface area contributed by atoms with Gasteiger partial charge in [-0.2, -0.15) is 0 Å². The Kier molecular flexibility index (Phi) is 3.97. The van der Waals surface area contributed by atoms with Crippen molar-refractivity contribution in [2.45, 2.75) is 6.42 Å². The van der Waals surface area contributed by atoms with Crippen molar-refractivity contribution in [3.05, 3.63) is 54.0 Å². The Morgan fingerprint density at radius 2 is 2.18 bits per heavy atom. The van der Waals surface area contributed by atoms with Crippen molar-refractivity contribution >= 4 is 6.21 Å². The monoisotopic (exact) mass is 229 g/mol. The van der Waals surface area contributed by atoms with Crippen LogP contribution in [0.1, 0.15) is 11.1 Å². The average Bonchev–Trinajstić information content (AvgIpc) is 2.88. The van der Waals surface area contributed by atoms with Crippen LogP contribution in [0.25, 0.3) is 0 Å². The minimum Gasteiger partial charge on any atom is -0.496 e. The molecule has 2 aromatic rings. The van der Waals surface area contributed by atoms with E-state index < -0.39 is 0 Å². The molecule has 0 radical (unpaired) electrons. The number of hydrogen-bond donors (Lipinski definition) is 0. The second-order valence-corrected chi connectivity index (χ2v) is 3.65. The number of hydrogen-bond acceptors (Lipinski definition) is 3. The van der Waals surface area contributed by atoms with Crippen LogP contribution in [0.3, 0.4) is 0 Å². The van der Waals surface area contributed by atoms with E-state index >= 15 is 0 Å². The van der Waals surface area contributed by atoms with Gasteiger partial charge in [0.05, 0.1) is 19.6 Å². The van der Waals surface area contributed by atoms with Crippen LogP contribution in [-0.4, -0.2) is 19.9 Å². The molecule has 0 N–H and O–H groups in total. The summed E-state index contributed by atoms with van der Waals surface area (Å²) in [6.45, 7) is 0.742. The Morgan fingerprint density at radius 1 is 1.29 bits per heavy atom. The van der Waals surface area contributed by atoms with Crippen LogP contribution in [0.5, 0.6) is 5.75 Å². The summed E-state index contributed by atoms with van der Waals surface area (Å²) >= 11 is 0. The van der Waals surface area contributed by atoms with E-state index in [0.29, 0.717) is 0 Å². The van der Waals surface area contributed by atoms with E-state index in [0.717, 1.165) is 24.3 Å². The van der Waals surface area contributed by atoms with Gasteiger partial charge in [-0.25, -0.2) is 0 Å². The Balaban J connectivity index is 1.90. The summed E-state index contributed by atoms with van der Waals surface area (Å²) in [6, 6.07) is 9.89. The minimum atomic E-state index is 0.742. The molecule has 0 fully saturated rings. The van der Waals surface area contributed by atoms with Crippen molar-refractivity contribution in [3.8, 4) is 5.75 Å². The van der Waals surface area contributed by atoms with Gasteiger partial charge in [0.25, 0.3) is 0 Å². The van der Waals surface area contributed by atoms with Gasteiger partial charge in [-0.3, -0.25) is 4.99 Å². The Hall–Kier alpha value is -2.03. The van der Waals surface area contributed by atoms with E-state index in [1.807, 2.05) is 30.5 Å². The number of furan rings is 1.